The highest BCUT2D eigenvalue weighted by molar-refractivity contribution is 5.81. The number of hydrogen-bond acceptors (Lipinski definition) is 5. The number of imidazole rings is 1. The van der Waals surface area contributed by atoms with Crippen molar-refractivity contribution in [3.05, 3.63) is 18.2 Å². The number of H-pyrrole nitrogens is 1. The molecule has 0 aliphatic carbocycles. The summed E-state index contributed by atoms with van der Waals surface area (Å²) in [5, 5.41) is 2.63. The molecule has 0 aliphatic rings. The lowest BCUT2D eigenvalue weighted by molar-refractivity contribution is -0.146. The summed E-state index contributed by atoms with van der Waals surface area (Å²) in [7, 11) is 0. The summed E-state index contributed by atoms with van der Waals surface area (Å²) in [5.41, 5.74) is 0.105. The molecule has 2 atom stereocenters. The molecular formula is C27H49N3O4. The van der Waals surface area contributed by atoms with Crippen molar-refractivity contribution in [1.29, 1.82) is 0 Å². The third kappa shape index (κ3) is 15.7. The van der Waals surface area contributed by atoms with Crippen molar-refractivity contribution in [2.75, 3.05) is 6.61 Å². The average molecular weight is 480 g/mol. The Kier molecular flexibility index (Phi) is 15.3. The number of hydrogen-bond donors (Lipinski definition) is 2. The van der Waals surface area contributed by atoms with E-state index in [9.17, 15) is 9.59 Å². The number of unbranched alkanes of at least 4 members (excludes halogenated alkanes) is 8. The first-order valence-electron chi connectivity index (χ1n) is 13.3. The first kappa shape index (κ1) is 30.0. The Morgan fingerprint density at radius 1 is 1.00 bits per heavy atom. The Hall–Kier alpha value is -2.05. The maximum Gasteiger partial charge on any atom is 0.408 e. The van der Waals surface area contributed by atoms with E-state index >= 15 is 0 Å². The van der Waals surface area contributed by atoms with Crippen LogP contribution in [0, 0.1) is 5.92 Å². The van der Waals surface area contributed by atoms with Gasteiger partial charge in [0.05, 0.1) is 12.9 Å². The SMILES string of the molecule is CCCCC(C)CCCCCCCCCCOC(=O)C(Cc1cnc[nH]1)NC(=O)OC(C)(C)C. The number of carbonyl (C=O) groups excluding carboxylic acids is 2. The summed E-state index contributed by atoms with van der Waals surface area (Å²) in [4.78, 5) is 31.7. The van der Waals surface area contributed by atoms with Gasteiger partial charge in [0.2, 0.25) is 0 Å². The number of amides is 1. The number of rotatable bonds is 18. The van der Waals surface area contributed by atoms with E-state index in [-0.39, 0.29) is 6.42 Å². The van der Waals surface area contributed by atoms with Gasteiger partial charge < -0.3 is 19.8 Å². The van der Waals surface area contributed by atoms with Gasteiger partial charge in [0.15, 0.2) is 0 Å². The quantitative estimate of drug-likeness (QED) is 0.180. The van der Waals surface area contributed by atoms with E-state index in [4.69, 9.17) is 9.47 Å². The van der Waals surface area contributed by atoms with Crippen molar-refractivity contribution in [1.82, 2.24) is 15.3 Å². The lowest BCUT2D eigenvalue weighted by Gasteiger charge is -2.22. The molecule has 0 saturated carbocycles. The molecule has 1 heterocycles. The Labute approximate surface area is 207 Å². The molecule has 2 N–H and O–H groups in total. The fourth-order valence-electron chi connectivity index (χ4n) is 3.89. The minimum Gasteiger partial charge on any atom is -0.464 e. The lowest BCUT2D eigenvalue weighted by Crippen LogP contribution is -2.45. The van der Waals surface area contributed by atoms with Gasteiger partial charge in [-0.1, -0.05) is 84.5 Å². The Morgan fingerprint density at radius 2 is 1.62 bits per heavy atom. The first-order chi connectivity index (χ1) is 16.2. The molecule has 0 saturated heterocycles. The fraction of sp³-hybridized carbons (Fsp3) is 0.815. The van der Waals surface area contributed by atoms with Crippen molar-refractivity contribution < 1.29 is 19.1 Å². The smallest absolute Gasteiger partial charge is 0.408 e. The van der Waals surface area contributed by atoms with Crippen molar-refractivity contribution in [2.24, 2.45) is 5.92 Å². The van der Waals surface area contributed by atoms with E-state index < -0.39 is 23.7 Å². The molecule has 7 heteroatoms. The third-order valence-corrected chi connectivity index (χ3v) is 5.84. The fourth-order valence-corrected chi connectivity index (χ4v) is 3.89. The monoisotopic (exact) mass is 479 g/mol. The maximum atomic E-state index is 12.6. The average Bonchev–Trinajstić information content (AvgIpc) is 3.27. The number of nitrogens with one attached hydrogen (secondary N) is 2. The van der Waals surface area contributed by atoms with Gasteiger partial charge in [-0.15, -0.1) is 0 Å². The van der Waals surface area contributed by atoms with E-state index in [1.807, 2.05) is 0 Å². The van der Waals surface area contributed by atoms with Gasteiger partial charge in [-0.25, -0.2) is 14.6 Å². The number of carbonyl (C=O) groups is 2. The van der Waals surface area contributed by atoms with E-state index in [1.165, 1.54) is 57.8 Å². The zero-order valence-corrected chi connectivity index (χ0v) is 22.3. The van der Waals surface area contributed by atoms with Crippen LogP contribution in [-0.2, 0) is 20.7 Å². The van der Waals surface area contributed by atoms with Gasteiger partial charge >= 0.3 is 12.1 Å². The molecule has 7 nitrogen and oxygen atoms in total. The van der Waals surface area contributed by atoms with Crippen LogP contribution >= 0.6 is 0 Å². The molecule has 1 aromatic heterocycles. The minimum absolute atomic E-state index is 0.273. The number of nitrogens with zero attached hydrogens (tertiary/aromatic N) is 1. The van der Waals surface area contributed by atoms with Crippen LogP contribution in [-0.4, -0.2) is 40.3 Å². The van der Waals surface area contributed by atoms with Gasteiger partial charge in [0, 0.05) is 18.3 Å². The molecule has 1 rings (SSSR count). The number of aromatic amines is 1. The van der Waals surface area contributed by atoms with Gasteiger partial charge in [-0.2, -0.15) is 0 Å². The van der Waals surface area contributed by atoms with Crippen molar-refractivity contribution >= 4 is 12.1 Å². The molecule has 1 amide bonds. The predicted octanol–water partition coefficient (Wildman–Crippen LogP) is 6.73. The normalized spacial score (nSPS) is 13.3. The number of aromatic nitrogens is 2. The van der Waals surface area contributed by atoms with Crippen LogP contribution in [0.5, 0.6) is 0 Å². The van der Waals surface area contributed by atoms with Gasteiger partial charge in [-0.05, 0) is 33.1 Å². The molecule has 0 radical (unpaired) electrons. The standard InChI is InChI=1S/C27H49N3O4/c1-6-7-16-22(2)17-14-12-10-8-9-11-13-15-18-33-25(31)24(19-23-20-28-21-29-23)30-26(32)34-27(3,4)5/h20-22,24H,6-19H2,1-5H3,(H,28,29)(H,30,32). The highest BCUT2D eigenvalue weighted by Crippen LogP contribution is 2.17. The summed E-state index contributed by atoms with van der Waals surface area (Å²) in [6.45, 7) is 10.4. The molecule has 0 bridgehead atoms. The summed E-state index contributed by atoms with van der Waals surface area (Å²) in [6, 6.07) is -0.819. The van der Waals surface area contributed by atoms with E-state index in [1.54, 1.807) is 33.3 Å². The van der Waals surface area contributed by atoms with Crippen LogP contribution in [0.4, 0.5) is 4.79 Å². The summed E-state index contributed by atoms with van der Waals surface area (Å²) < 4.78 is 10.7. The molecule has 2 unspecified atom stereocenters. The Balaban J connectivity index is 2.17. The molecule has 0 fully saturated rings. The largest absolute Gasteiger partial charge is 0.464 e. The highest BCUT2D eigenvalue weighted by atomic mass is 16.6. The predicted molar refractivity (Wildman–Crippen MR) is 137 cm³/mol. The van der Waals surface area contributed by atoms with Gasteiger partial charge in [0.1, 0.15) is 11.6 Å². The second-order valence-electron chi connectivity index (χ2n) is 10.5. The van der Waals surface area contributed by atoms with Crippen LogP contribution in [0.15, 0.2) is 12.5 Å². The molecule has 0 spiro atoms. The molecule has 1 aromatic rings. The second kappa shape index (κ2) is 17.4. The van der Waals surface area contributed by atoms with Crippen molar-refractivity contribution in [2.45, 2.75) is 130 Å². The van der Waals surface area contributed by atoms with E-state index in [0.717, 1.165) is 30.9 Å². The first-order valence-corrected chi connectivity index (χ1v) is 13.3. The number of esters is 1. The second-order valence-corrected chi connectivity index (χ2v) is 10.5. The third-order valence-electron chi connectivity index (χ3n) is 5.84. The Morgan fingerprint density at radius 3 is 2.21 bits per heavy atom. The zero-order valence-electron chi connectivity index (χ0n) is 22.3. The minimum atomic E-state index is -0.819. The molecule has 196 valence electrons. The molecular weight excluding hydrogens is 430 g/mol. The molecule has 0 aliphatic heterocycles. The number of alkyl carbamates (subject to hydrolysis) is 1. The van der Waals surface area contributed by atoms with Crippen LogP contribution in [0.25, 0.3) is 0 Å². The summed E-state index contributed by atoms with van der Waals surface area (Å²) >= 11 is 0. The van der Waals surface area contributed by atoms with Crippen molar-refractivity contribution in [3.8, 4) is 0 Å². The summed E-state index contributed by atoms with van der Waals surface area (Å²) in [5.74, 6) is 0.426. The van der Waals surface area contributed by atoms with E-state index in [2.05, 4.69) is 29.1 Å². The van der Waals surface area contributed by atoms with E-state index in [0.29, 0.717) is 6.61 Å². The number of ether oxygens (including phenoxy) is 2. The van der Waals surface area contributed by atoms with Crippen LogP contribution < -0.4 is 5.32 Å². The van der Waals surface area contributed by atoms with Gasteiger partial charge in [-0.3, -0.25) is 0 Å². The van der Waals surface area contributed by atoms with Crippen LogP contribution in [0.2, 0.25) is 0 Å². The summed E-state index contributed by atoms with van der Waals surface area (Å²) in [6.07, 6.45) is 17.8. The van der Waals surface area contributed by atoms with Crippen LogP contribution in [0.3, 0.4) is 0 Å². The Bertz CT molecular complexity index is 655. The van der Waals surface area contributed by atoms with Crippen LogP contribution in [0.1, 0.15) is 117 Å². The van der Waals surface area contributed by atoms with Crippen molar-refractivity contribution in [3.63, 3.8) is 0 Å². The highest BCUT2D eigenvalue weighted by Gasteiger charge is 2.26. The topological polar surface area (TPSA) is 93.3 Å². The lowest BCUT2D eigenvalue weighted by atomic mass is 9.97. The van der Waals surface area contributed by atoms with Gasteiger partial charge in [0.25, 0.3) is 0 Å². The zero-order chi connectivity index (χ0) is 25.2. The molecule has 0 aromatic carbocycles. The molecule has 34 heavy (non-hydrogen) atoms. The maximum absolute atomic E-state index is 12.6.